The molecule has 1 aliphatic carbocycles. The van der Waals surface area contributed by atoms with Gasteiger partial charge in [-0.15, -0.1) is 0 Å². The molecule has 1 heterocycles. The molecule has 0 radical (unpaired) electrons. The van der Waals surface area contributed by atoms with Gasteiger partial charge in [0.15, 0.2) is 0 Å². The molecule has 74 valence electrons. The van der Waals surface area contributed by atoms with E-state index in [4.69, 9.17) is 0 Å². The molecular weight excluding hydrogens is 174 g/mol. The average Bonchev–Trinajstić information content (AvgIpc) is 2.62. The maximum Gasteiger partial charge on any atom is 0.119 e. The Morgan fingerprint density at radius 1 is 1.29 bits per heavy atom. The Bertz CT molecular complexity index is 361. The zero-order valence-electron chi connectivity index (χ0n) is 8.16. The molecule has 0 spiro atoms. The lowest BCUT2D eigenvalue weighted by Crippen LogP contribution is -2.34. The van der Waals surface area contributed by atoms with E-state index in [1.165, 1.54) is 17.5 Å². The van der Waals surface area contributed by atoms with Crippen molar-refractivity contribution in [2.45, 2.75) is 25.3 Å². The van der Waals surface area contributed by atoms with Gasteiger partial charge in [-0.05, 0) is 48.9 Å². The molecular formula is C12H15NO. The smallest absolute Gasteiger partial charge is 0.119 e. The summed E-state index contributed by atoms with van der Waals surface area (Å²) in [6, 6.07) is 6.52. The minimum Gasteiger partial charge on any atom is -0.508 e. The van der Waals surface area contributed by atoms with Crippen LogP contribution in [0.3, 0.4) is 0 Å². The van der Waals surface area contributed by atoms with Crippen molar-refractivity contribution in [3.8, 4) is 5.75 Å². The zero-order valence-corrected chi connectivity index (χ0v) is 8.16. The Morgan fingerprint density at radius 3 is 3.14 bits per heavy atom. The minimum absolute atomic E-state index is 0.481. The second kappa shape index (κ2) is 2.99. The van der Waals surface area contributed by atoms with Gasteiger partial charge in [-0.1, -0.05) is 12.1 Å². The van der Waals surface area contributed by atoms with E-state index >= 15 is 0 Å². The molecule has 0 saturated carbocycles. The first-order valence-electron chi connectivity index (χ1n) is 5.38. The molecule has 0 aromatic heterocycles. The van der Waals surface area contributed by atoms with E-state index in [0.717, 1.165) is 25.3 Å². The normalized spacial score (nSPS) is 29.7. The summed E-state index contributed by atoms with van der Waals surface area (Å²) < 4.78 is 0. The summed E-state index contributed by atoms with van der Waals surface area (Å²) >= 11 is 0. The van der Waals surface area contributed by atoms with Crippen LogP contribution in [0.15, 0.2) is 18.2 Å². The van der Waals surface area contributed by atoms with Gasteiger partial charge in [-0.25, -0.2) is 0 Å². The van der Waals surface area contributed by atoms with E-state index in [2.05, 4.69) is 11.4 Å². The van der Waals surface area contributed by atoms with Crippen molar-refractivity contribution in [1.29, 1.82) is 0 Å². The lowest BCUT2D eigenvalue weighted by Gasteiger charge is -2.27. The number of nitrogens with one attached hydrogen (secondary N) is 1. The average molecular weight is 189 g/mol. The Hall–Kier alpha value is -1.02. The van der Waals surface area contributed by atoms with Crippen LogP contribution in [0.4, 0.5) is 0 Å². The summed E-state index contributed by atoms with van der Waals surface area (Å²) in [6.45, 7) is 1.14. The van der Waals surface area contributed by atoms with Gasteiger partial charge < -0.3 is 10.4 Å². The Balaban J connectivity index is 2.01. The number of hydrogen-bond acceptors (Lipinski definition) is 2. The van der Waals surface area contributed by atoms with Crippen molar-refractivity contribution in [1.82, 2.24) is 5.32 Å². The standard InChI is InChI=1S/C12H15NO/c14-12-3-1-2-8-6-9-4-5-13-11(9)7-10(8)12/h1-3,9,11,13-14H,4-7H2/t9-,11-/m1/s1. The van der Waals surface area contributed by atoms with E-state index in [9.17, 15) is 5.11 Å². The summed E-state index contributed by atoms with van der Waals surface area (Å²) in [5.41, 5.74) is 2.53. The van der Waals surface area contributed by atoms with Crippen LogP contribution in [0, 0.1) is 5.92 Å². The fourth-order valence-corrected chi connectivity index (χ4v) is 2.86. The molecule has 1 aromatic carbocycles. The molecule has 1 aromatic rings. The molecule has 0 bridgehead atoms. The van der Waals surface area contributed by atoms with Gasteiger partial charge in [0, 0.05) is 6.04 Å². The van der Waals surface area contributed by atoms with Crippen LogP contribution in [0.2, 0.25) is 0 Å². The Morgan fingerprint density at radius 2 is 2.21 bits per heavy atom. The van der Waals surface area contributed by atoms with Gasteiger partial charge in [-0.2, -0.15) is 0 Å². The molecule has 0 amide bonds. The number of aromatic hydroxyl groups is 1. The molecule has 3 rings (SSSR count). The molecule has 2 N–H and O–H groups in total. The Labute approximate surface area is 84.0 Å². The van der Waals surface area contributed by atoms with Crippen molar-refractivity contribution in [2.75, 3.05) is 6.54 Å². The summed E-state index contributed by atoms with van der Waals surface area (Å²) in [5.74, 6) is 1.28. The second-order valence-corrected chi connectivity index (χ2v) is 4.43. The summed E-state index contributed by atoms with van der Waals surface area (Å²) in [6.07, 6.45) is 3.44. The highest BCUT2D eigenvalue weighted by Gasteiger charge is 2.32. The van der Waals surface area contributed by atoms with Crippen LogP contribution in [0.5, 0.6) is 5.75 Å². The lowest BCUT2D eigenvalue weighted by molar-refractivity contribution is 0.399. The largest absolute Gasteiger partial charge is 0.508 e. The van der Waals surface area contributed by atoms with Crippen LogP contribution in [-0.4, -0.2) is 17.7 Å². The van der Waals surface area contributed by atoms with Crippen LogP contribution < -0.4 is 5.32 Å². The molecule has 2 nitrogen and oxygen atoms in total. The molecule has 0 unspecified atom stereocenters. The van der Waals surface area contributed by atoms with Gasteiger partial charge in [0.1, 0.15) is 5.75 Å². The van der Waals surface area contributed by atoms with Gasteiger partial charge in [-0.3, -0.25) is 0 Å². The quantitative estimate of drug-likeness (QED) is 0.647. The monoisotopic (exact) mass is 189 g/mol. The van der Waals surface area contributed by atoms with Crippen LogP contribution in [0.25, 0.3) is 0 Å². The van der Waals surface area contributed by atoms with E-state index in [-0.39, 0.29) is 0 Å². The van der Waals surface area contributed by atoms with Crippen molar-refractivity contribution >= 4 is 0 Å². The summed E-state index contributed by atoms with van der Waals surface area (Å²) in [5, 5.41) is 13.3. The third kappa shape index (κ3) is 1.14. The highest BCUT2D eigenvalue weighted by atomic mass is 16.3. The first-order valence-corrected chi connectivity index (χ1v) is 5.38. The molecule has 2 atom stereocenters. The van der Waals surface area contributed by atoms with Gasteiger partial charge in [0.25, 0.3) is 0 Å². The number of phenolic OH excluding ortho intramolecular Hbond substituents is 1. The van der Waals surface area contributed by atoms with E-state index in [1.807, 2.05) is 6.07 Å². The topological polar surface area (TPSA) is 32.3 Å². The SMILES string of the molecule is Oc1cccc2c1C[C@H]1NCC[C@@H]1C2. The minimum atomic E-state index is 0.481. The third-order valence-electron chi connectivity index (χ3n) is 3.65. The van der Waals surface area contributed by atoms with E-state index in [1.54, 1.807) is 6.07 Å². The number of rotatable bonds is 0. The maximum atomic E-state index is 9.75. The molecule has 2 heteroatoms. The summed E-state index contributed by atoms with van der Waals surface area (Å²) in [7, 11) is 0. The first kappa shape index (κ1) is 8.30. The summed E-state index contributed by atoms with van der Waals surface area (Å²) in [4.78, 5) is 0. The molecule has 14 heavy (non-hydrogen) atoms. The second-order valence-electron chi connectivity index (χ2n) is 4.43. The third-order valence-corrected chi connectivity index (χ3v) is 3.65. The van der Waals surface area contributed by atoms with Gasteiger partial charge >= 0.3 is 0 Å². The van der Waals surface area contributed by atoms with Gasteiger partial charge in [0.05, 0.1) is 0 Å². The van der Waals surface area contributed by atoms with Crippen molar-refractivity contribution in [2.24, 2.45) is 5.92 Å². The first-order chi connectivity index (χ1) is 6.84. The number of benzene rings is 1. The number of fused-ring (bicyclic) bond motifs is 2. The van der Waals surface area contributed by atoms with E-state index < -0.39 is 0 Å². The molecule has 1 aliphatic heterocycles. The van der Waals surface area contributed by atoms with Crippen molar-refractivity contribution in [3.63, 3.8) is 0 Å². The fourth-order valence-electron chi connectivity index (χ4n) is 2.86. The van der Waals surface area contributed by atoms with Crippen LogP contribution in [-0.2, 0) is 12.8 Å². The van der Waals surface area contributed by atoms with Crippen LogP contribution >= 0.6 is 0 Å². The molecule has 1 saturated heterocycles. The zero-order chi connectivity index (χ0) is 9.54. The van der Waals surface area contributed by atoms with Crippen LogP contribution in [0.1, 0.15) is 17.5 Å². The van der Waals surface area contributed by atoms with E-state index in [0.29, 0.717) is 11.8 Å². The molecule has 2 aliphatic rings. The highest BCUT2D eigenvalue weighted by Crippen LogP contribution is 2.34. The maximum absolute atomic E-state index is 9.75. The highest BCUT2D eigenvalue weighted by molar-refractivity contribution is 5.42. The van der Waals surface area contributed by atoms with Crippen molar-refractivity contribution in [3.05, 3.63) is 29.3 Å². The fraction of sp³-hybridized carbons (Fsp3) is 0.500. The van der Waals surface area contributed by atoms with Crippen molar-refractivity contribution < 1.29 is 5.11 Å². The lowest BCUT2D eigenvalue weighted by atomic mass is 9.80. The number of hydrogen-bond donors (Lipinski definition) is 2. The van der Waals surface area contributed by atoms with Gasteiger partial charge in [0.2, 0.25) is 0 Å². The predicted octanol–water partition coefficient (Wildman–Crippen LogP) is 1.47. The number of phenols is 1. The molecule has 1 fully saturated rings. The predicted molar refractivity (Wildman–Crippen MR) is 55.4 cm³/mol. The Kier molecular flexibility index (Phi) is 1.77.